The van der Waals surface area contributed by atoms with Crippen LogP contribution in [-0.4, -0.2) is 44.2 Å². The minimum Gasteiger partial charge on any atom is -0.346 e. The number of hydrogen-bond donors (Lipinski definition) is 0. The van der Waals surface area contributed by atoms with Gasteiger partial charge in [-0.25, -0.2) is 17.6 Å². The van der Waals surface area contributed by atoms with Crippen molar-refractivity contribution < 1.29 is 44.6 Å². The fourth-order valence-corrected chi connectivity index (χ4v) is 0.631. The predicted molar refractivity (Wildman–Crippen MR) is 43.3 cm³/mol. The van der Waals surface area contributed by atoms with E-state index in [4.69, 9.17) is 0 Å². The number of alkyl halides is 8. The van der Waals surface area contributed by atoms with Crippen molar-refractivity contribution in [3.63, 3.8) is 0 Å². The van der Waals surface area contributed by atoms with E-state index < -0.39 is 44.2 Å². The smallest absolute Gasteiger partial charge is 0.330 e. The molecule has 0 aliphatic carbocycles. The molecule has 110 valence electrons. The minimum atomic E-state index is -4.47. The highest BCUT2D eigenvalue weighted by molar-refractivity contribution is 4.69. The first-order valence-electron chi connectivity index (χ1n) is 4.54. The summed E-state index contributed by atoms with van der Waals surface area (Å²) in [7, 11) is 0. The predicted octanol–water partition coefficient (Wildman–Crippen LogP) is 3.17. The van der Waals surface area contributed by atoms with E-state index in [9.17, 15) is 35.1 Å². The summed E-state index contributed by atoms with van der Waals surface area (Å²) in [4.78, 5) is 0. The van der Waals surface area contributed by atoms with E-state index in [1.807, 2.05) is 0 Å². The molecule has 0 unspecified atom stereocenters. The van der Waals surface area contributed by atoms with Crippen molar-refractivity contribution in [1.29, 1.82) is 0 Å². The summed E-state index contributed by atoms with van der Waals surface area (Å²) in [6.45, 7) is -2.71. The Morgan fingerprint density at radius 1 is 0.778 bits per heavy atom. The van der Waals surface area contributed by atoms with Gasteiger partial charge in [0.25, 0.3) is 0 Å². The summed E-state index contributed by atoms with van der Waals surface area (Å²) in [6.07, 6.45) is -9.74. The first-order chi connectivity index (χ1) is 7.99. The van der Waals surface area contributed by atoms with Crippen molar-refractivity contribution in [2.45, 2.75) is 37.9 Å². The Bertz CT molecular complexity index is 221. The van der Waals surface area contributed by atoms with Crippen LogP contribution in [0.1, 0.15) is 6.92 Å². The lowest BCUT2D eigenvalue weighted by Gasteiger charge is -2.21. The third-order valence-electron chi connectivity index (χ3n) is 1.66. The van der Waals surface area contributed by atoms with E-state index in [-0.39, 0.29) is 0 Å². The molecule has 0 aliphatic rings. The van der Waals surface area contributed by atoms with Gasteiger partial charge in [-0.15, -0.1) is 0 Å². The molecule has 0 saturated heterocycles. The summed E-state index contributed by atoms with van der Waals surface area (Å²) in [5.74, 6) is -8.94. The van der Waals surface area contributed by atoms with Gasteiger partial charge in [0.2, 0.25) is 0 Å². The van der Waals surface area contributed by atoms with Gasteiger partial charge in [0.05, 0.1) is 0 Å². The van der Waals surface area contributed by atoms with Crippen LogP contribution >= 0.6 is 0 Å². The van der Waals surface area contributed by atoms with Crippen molar-refractivity contribution >= 4 is 0 Å². The van der Waals surface area contributed by atoms with Gasteiger partial charge in [-0.05, 0) is 6.92 Å². The van der Waals surface area contributed by atoms with Gasteiger partial charge in [0.15, 0.2) is 6.29 Å². The molecule has 0 aromatic carbocycles. The van der Waals surface area contributed by atoms with E-state index in [1.165, 1.54) is 0 Å². The topological polar surface area (TPSA) is 18.5 Å². The Hall–Kier alpha value is -0.640. The zero-order chi connectivity index (χ0) is 14.6. The van der Waals surface area contributed by atoms with Crippen molar-refractivity contribution in [2.24, 2.45) is 0 Å². The van der Waals surface area contributed by atoms with Gasteiger partial charge in [-0.3, -0.25) is 0 Å². The fourth-order valence-electron chi connectivity index (χ4n) is 0.631. The Kier molecular flexibility index (Phi) is 6.27. The Morgan fingerprint density at radius 2 is 1.06 bits per heavy atom. The monoisotopic (exact) mass is 290 g/mol. The molecule has 10 heteroatoms. The summed E-state index contributed by atoms with van der Waals surface area (Å²) in [6, 6.07) is 0. The molecule has 0 radical (unpaired) electrons. The van der Waals surface area contributed by atoms with Crippen LogP contribution in [0.2, 0.25) is 0 Å². The van der Waals surface area contributed by atoms with E-state index in [1.54, 1.807) is 0 Å². The first-order valence-corrected chi connectivity index (χ1v) is 4.54. The normalized spacial score (nSPS) is 14.0. The highest BCUT2D eigenvalue weighted by Crippen LogP contribution is 2.25. The van der Waals surface area contributed by atoms with Gasteiger partial charge in [0.1, 0.15) is 13.2 Å². The SMILES string of the molecule is CC(OCC(F)(F)C(F)F)OCC(F)(F)C(F)F. The summed E-state index contributed by atoms with van der Waals surface area (Å²) < 4.78 is 104. The molecule has 0 saturated carbocycles. The lowest BCUT2D eigenvalue weighted by molar-refractivity contribution is -0.242. The minimum absolute atomic E-state index is 0.836. The molecule has 0 fully saturated rings. The number of ether oxygens (including phenoxy) is 2. The zero-order valence-corrected chi connectivity index (χ0v) is 8.99. The number of halogens is 8. The lowest BCUT2D eigenvalue weighted by Crippen LogP contribution is -2.37. The Morgan fingerprint density at radius 3 is 1.28 bits per heavy atom. The molecule has 0 spiro atoms. The van der Waals surface area contributed by atoms with Crippen LogP contribution in [0.25, 0.3) is 0 Å². The average Bonchev–Trinajstić information content (AvgIpc) is 2.23. The van der Waals surface area contributed by atoms with Gasteiger partial charge in [-0.1, -0.05) is 0 Å². The molecule has 0 aromatic heterocycles. The standard InChI is InChI=1S/C8H10F8O2/c1-4(17-2-7(13,14)5(9)10)18-3-8(15,16)6(11)12/h4-6H,2-3H2,1H3. The summed E-state index contributed by atoms with van der Waals surface area (Å²) >= 11 is 0. The second-order valence-corrected chi connectivity index (χ2v) is 3.31. The summed E-state index contributed by atoms with van der Waals surface area (Å²) in [5, 5.41) is 0. The maximum Gasteiger partial charge on any atom is 0.330 e. The van der Waals surface area contributed by atoms with E-state index in [0.717, 1.165) is 6.92 Å². The second-order valence-electron chi connectivity index (χ2n) is 3.31. The van der Waals surface area contributed by atoms with Gasteiger partial charge in [0, 0.05) is 0 Å². The molecule has 0 aliphatic heterocycles. The molecular formula is C8H10F8O2. The maximum absolute atomic E-state index is 12.3. The van der Waals surface area contributed by atoms with Crippen molar-refractivity contribution in [3.05, 3.63) is 0 Å². The Labute approximate surface area is 96.8 Å². The molecule has 0 heterocycles. The van der Waals surface area contributed by atoms with Crippen LogP contribution in [0.5, 0.6) is 0 Å². The van der Waals surface area contributed by atoms with Gasteiger partial charge < -0.3 is 9.47 Å². The van der Waals surface area contributed by atoms with Crippen LogP contribution in [0.3, 0.4) is 0 Å². The van der Waals surface area contributed by atoms with Crippen LogP contribution in [-0.2, 0) is 9.47 Å². The molecule has 2 nitrogen and oxygen atoms in total. The van der Waals surface area contributed by atoms with Crippen molar-refractivity contribution in [2.75, 3.05) is 13.2 Å². The average molecular weight is 290 g/mol. The first kappa shape index (κ1) is 17.4. The largest absolute Gasteiger partial charge is 0.346 e. The number of rotatable bonds is 8. The van der Waals surface area contributed by atoms with Crippen LogP contribution in [0, 0.1) is 0 Å². The maximum atomic E-state index is 12.3. The third kappa shape index (κ3) is 5.80. The second kappa shape index (κ2) is 6.50. The molecule has 0 rings (SSSR count). The van der Waals surface area contributed by atoms with Crippen LogP contribution < -0.4 is 0 Å². The van der Waals surface area contributed by atoms with Crippen molar-refractivity contribution in [3.8, 4) is 0 Å². The van der Waals surface area contributed by atoms with Crippen molar-refractivity contribution in [1.82, 2.24) is 0 Å². The van der Waals surface area contributed by atoms with E-state index in [2.05, 4.69) is 9.47 Å². The molecule has 18 heavy (non-hydrogen) atoms. The molecule has 0 atom stereocenters. The van der Waals surface area contributed by atoms with E-state index >= 15 is 0 Å². The summed E-state index contributed by atoms with van der Waals surface area (Å²) in [5.41, 5.74) is 0. The molecule has 0 N–H and O–H groups in total. The fraction of sp³-hybridized carbons (Fsp3) is 1.00. The number of hydrogen-bond acceptors (Lipinski definition) is 2. The van der Waals surface area contributed by atoms with Gasteiger partial charge in [-0.2, -0.15) is 17.6 Å². The van der Waals surface area contributed by atoms with E-state index in [0.29, 0.717) is 0 Å². The molecular weight excluding hydrogens is 280 g/mol. The molecule has 0 aromatic rings. The Balaban J connectivity index is 4.03. The molecule has 0 amide bonds. The van der Waals surface area contributed by atoms with Gasteiger partial charge >= 0.3 is 24.7 Å². The van der Waals surface area contributed by atoms with Crippen LogP contribution in [0.15, 0.2) is 0 Å². The molecule has 0 bridgehead atoms. The highest BCUT2D eigenvalue weighted by Gasteiger charge is 2.43. The highest BCUT2D eigenvalue weighted by atomic mass is 19.3. The lowest BCUT2D eigenvalue weighted by atomic mass is 10.4. The zero-order valence-electron chi connectivity index (χ0n) is 8.99. The quantitative estimate of drug-likeness (QED) is 0.505. The van der Waals surface area contributed by atoms with Crippen LogP contribution in [0.4, 0.5) is 35.1 Å². The third-order valence-corrected chi connectivity index (χ3v) is 1.66.